The number of amides is 1. The number of alkyl halides is 3. The summed E-state index contributed by atoms with van der Waals surface area (Å²) in [4.78, 5) is 12.2. The molecular weight excluding hydrogens is 249 g/mol. The van der Waals surface area contributed by atoms with E-state index in [2.05, 4.69) is 5.10 Å². The molecule has 8 heteroatoms. The fourth-order valence-electron chi connectivity index (χ4n) is 2.00. The van der Waals surface area contributed by atoms with Gasteiger partial charge in [0, 0.05) is 25.3 Å². The molecule has 1 aromatic heterocycles. The van der Waals surface area contributed by atoms with Gasteiger partial charge in [-0.2, -0.15) is 18.3 Å². The predicted molar refractivity (Wildman–Crippen MR) is 57.7 cm³/mol. The number of carbonyl (C=O) groups is 1. The quantitative estimate of drug-likeness (QED) is 0.857. The molecule has 100 valence electrons. The molecule has 0 bridgehead atoms. The molecule has 1 saturated carbocycles. The van der Waals surface area contributed by atoms with E-state index in [-0.39, 0.29) is 11.7 Å². The molecule has 1 aliphatic carbocycles. The second kappa shape index (κ2) is 4.27. The maximum Gasteiger partial charge on any atom is 0.471 e. The molecule has 2 N–H and O–H groups in total. The normalized spacial score (nSPS) is 23.6. The fraction of sp³-hybridized carbons (Fsp3) is 0.600. The molecule has 0 aromatic carbocycles. The largest absolute Gasteiger partial charge is 0.471 e. The highest BCUT2D eigenvalue weighted by Gasteiger charge is 2.47. The second-order valence-corrected chi connectivity index (χ2v) is 4.43. The third kappa shape index (κ3) is 2.33. The van der Waals surface area contributed by atoms with Crippen LogP contribution in [0.1, 0.15) is 12.8 Å². The number of aryl methyl sites for hydroxylation is 1. The number of anilines is 1. The smallest absolute Gasteiger partial charge is 0.328 e. The summed E-state index contributed by atoms with van der Waals surface area (Å²) >= 11 is 0. The van der Waals surface area contributed by atoms with Gasteiger partial charge < -0.3 is 5.73 Å². The Hall–Kier alpha value is -1.57. The first kappa shape index (κ1) is 12.9. The van der Waals surface area contributed by atoms with E-state index in [0.717, 1.165) is 4.90 Å². The summed E-state index contributed by atoms with van der Waals surface area (Å²) in [6.07, 6.45) is -1.52. The lowest BCUT2D eigenvalue weighted by molar-refractivity contribution is -0.171. The molecule has 0 aliphatic heterocycles. The van der Waals surface area contributed by atoms with Crippen molar-refractivity contribution < 1.29 is 18.0 Å². The van der Waals surface area contributed by atoms with Crippen molar-refractivity contribution >= 4 is 11.6 Å². The number of halogens is 3. The summed E-state index contributed by atoms with van der Waals surface area (Å²) in [7, 11) is 1.58. The van der Waals surface area contributed by atoms with Crippen molar-refractivity contribution in [1.29, 1.82) is 0 Å². The van der Waals surface area contributed by atoms with Gasteiger partial charge in [-0.15, -0.1) is 0 Å². The van der Waals surface area contributed by atoms with Crippen LogP contribution in [0, 0.1) is 0 Å². The fourth-order valence-corrected chi connectivity index (χ4v) is 2.00. The highest BCUT2D eigenvalue weighted by atomic mass is 19.4. The maximum absolute atomic E-state index is 12.6. The minimum Gasteiger partial charge on any atom is -0.328 e. The number of carbonyl (C=O) groups excluding carboxylic acids is 1. The molecule has 1 fully saturated rings. The molecule has 1 aliphatic rings. The van der Waals surface area contributed by atoms with Gasteiger partial charge >= 0.3 is 12.1 Å². The van der Waals surface area contributed by atoms with Crippen LogP contribution in [0.3, 0.4) is 0 Å². The van der Waals surface area contributed by atoms with Gasteiger partial charge in [-0.3, -0.25) is 14.4 Å². The lowest BCUT2D eigenvalue weighted by Crippen LogP contribution is -2.56. The van der Waals surface area contributed by atoms with Gasteiger partial charge in [0.2, 0.25) is 0 Å². The van der Waals surface area contributed by atoms with E-state index in [4.69, 9.17) is 5.73 Å². The predicted octanol–water partition coefficient (Wildman–Crippen LogP) is 0.805. The van der Waals surface area contributed by atoms with Crippen LogP contribution < -0.4 is 10.6 Å². The highest BCUT2D eigenvalue weighted by molar-refractivity contribution is 5.97. The van der Waals surface area contributed by atoms with Crippen LogP contribution in [-0.4, -0.2) is 33.9 Å². The van der Waals surface area contributed by atoms with Crippen molar-refractivity contribution in [3.05, 3.63) is 12.4 Å². The van der Waals surface area contributed by atoms with Crippen molar-refractivity contribution in [2.45, 2.75) is 31.1 Å². The third-order valence-corrected chi connectivity index (χ3v) is 2.95. The Balaban J connectivity index is 2.26. The van der Waals surface area contributed by atoms with Gasteiger partial charge in [0.05, 0.1) is 11.9 Å². The van der Waals surface area contributed by atoms with Gasteiger partial charge in [0.15, 0.2) is 0 Å². The summed E-state index contributed by atoms with van der Waals surface area (Å²) in [5.41, 5.74) is 5.71. The lowest BCUT2D eigenvalue weighted by Gasteiger charge is -2.40. The van der Waals surface area contributed by atoms with E-state index in [1.54, 1.807) is 7.05 Å². The Labute approximate surface area is 101 Å². The second-order valence-electron chi connectivity index (χ2n) is 4.43. The Morgan fingerprint density at radius 1 is 1.56 bits per heavy atom. The number of nitrogens with two attached hydrogens (primary N) is 1. The summed E-state index contributed by atoms with van der Waals surface area (Å²) < 4.78 is 39.0. The molecule has 0 unspecified atom stereocenters. The average Bonchev–Trinajstić information content (AvgIpc) is 2.61. The van der Waals surface area contributed by atoms with Crippen molar-refractivity contribution in [1.82, 2.24) is 9.78 Å². The van der Waals surface area contributed by atoms with Crippen LogP contribution in [0.15, 0.2) is 12.4 Å². The van der Waals surface area contributed by atoms with E-state index in [9.17, 15) is 18.0 Å². The zero-order valence-corrected chi connectivity index (χ0v) is 9.68. The highest BCUT2D eigenvalue weighted by Crippen LogP contribution is 2.32. The van der Waals surface area contributed by atoms with Crippen LogP contribution in [-0.2, 0) is 11.8 Å². The first-order valence-corrected chi connectivity index (χ1v) is 5.43. The topological polar surface area (TPSA) is 64.2 Å². The van der Waals surface area contributed by atoms with Gasteiger partial charge in [0.25, 0.3) is 0 Å². The Bertz CT molecular complexity index is 450. The van der Waals surface area contributed by atoms with Gasteiger partial charge in [-0.05, 0) is 12.8 Å². The van der Waals surface area contributed by atoms with E-state index in [1.165, 1.54) is 17.1 Å². The molecule has 1 aromatic rings. The van der Waals surface area contributed by atoms with Crippen LogP contribution >= 0.6 is 0 Å². The monoisotopic (exact) mass is 262 g/mol. The number of hydrogen-bond donors (Lipinski definition) is 1. The molecule has 0 atom stereocenters. The average molecular weight is 262 g/mol. The standard InChI is InChI=1S/C10H13F3N4O/c1-16-5-8(4-15-16)17(7-2-6(14)3-7)9(18)10(11,12)13/h4-7H,2-3,14H2,1H3. The first-order valence-electron chi connectivity index (χ1n) is 5.43. The van der Waals surface area contributed by atoms with E-state index < -0.39 is 18.1 Å². The summed E-state index contributed by atoms with van der Waals surface area (Å²) in [6, 6.07) is -0.645. The van der Waals surface area contributed by atoms with Crippen molar-refractivity contribution in [2.24, 2.45) is 12.8 Å². The lowest BCUT2D eigenvalue weighted by atomic mass is 9.86. The molecule has 0 radical (unpaired) electrons. The Morgan fingerprint density at radius 2 is 2.17 bits per heavy atom. The summed E-state index contributed by atoms with van der Waals surface area (Å²) in [5.74, 6) is -1.87. The first-order chi connectivity index (χ1) is 8.29. The zero-order valence-electron chi connectivity index (χ0n) is 9.68. The molecular formula is C10H13F3N4O. The van der Waals surface area contributed by atoms with E-state index >= 15 is 0 Å². The van der Waals surface area contributed by atoms with Crippen LogP contribution in [0.2, 0.25) is 0 Å². The third-order valence-electron chi connectivity index (χ3n) is 2.95. The molecule has 1 heterocycles. The number of rotatable bonds is 2. The minimum atomic E-state index is -4.89. The van der Waals surface area contributed by atoms with Crippen molar-refractivity contribution in [3.63, 3.8) is 0 Å². The number of aromatic nitrogens is 2. The van der Waals surface area contributed by atoms with E-state index in [1.807, 2.05) is 0 Å². The van der Waals surface area contributed by atoms with E-state index in [0.29, 0.717) is 12.8 Å². The maximum atomic E-state index is 12.6. The summed E-state index contributed by atoms with van der Waals surface area (Å²) in [6.45, 7) is 0. The molecule has 1 amide bonds. The SMILES string of the molecule is Cn1cc(N(C(=O)C(F)(F)F)C2CC(N)C2)cn1. The van der Waals surface area contributed by atoms with Gasteiger partial charge in [0.1, 0.15) is 0 Å². The number of nitrogens with zero attached hydrogens (tertiary/aromatic N) is 3. The van der Waals surface area contributed by atoms with Crippen LogP contribution in [0.4, 0.5) is 18.9 Å². The van der Waals surface area contributed by atoms with Crippen molar-refractivity contribution in [2.75, 3.05) is 4.90 Å². The summed E-state index contributed by atoms with van der Waals surface area (Å²) in [5, 5.41) is 3.79. The molecule has 0 spiro atoms. The molecule has 18 heavy (non-hydrogen) atoms. The Kier molecular flexibility index (Phi) is 3.05. The van der Waals surface area contributed by atoms with Gasteiger partial charge in [-0.25, -0.2) is 0 Å². The van der Waals surface area contributed by atoms with Crippen molar-refractivity contribution in [3.8, 4) is 0 Å². The molecule has 2 rings (SSSR count). The van der Waals surface area contributed by atoms with Crippen LogP contribution in [0.5, 0.6) is 0 Å². The Morgan fingerprint density at radius 3 is 2.56 bits per heavy atom. The molecule has 5 nitrogen and oxygen atoms in total. The minimum absolute atomic E-state index is 0.143. The zero-order chi connectivity index (χ0) is 13.5. The van der Waals surface area contributed by atoms with Gasteiger partial charge in [-0.1, -0.05) is 0 Å². The molecule has 0 saturated heterocycles. The number of hydrogen-bond acceptors (Lipinski definition) is 3. The van der Waals surface area contributed by atoms with Crippen LogP contribution in [0.25, 0.3) is 0 Å².